The predicted octanol–water partition coefficient (Wildman–Crippen LogP) is 4.96. The van der Waals surface area contributed by atoms with Crippen LogP contribution in [-0.4, -0.2) is 23.9 Å². The molecule has 0 N–H and O–H groups in total. The summed E-state index contributed by atoms with van der Waals surface area (Å²) in [5.41, 5.74) is 2.75. The van der Waals surface area contributed by atoms with Crippen LogP contribution in [0.15, 0.2) is 23.3 Å². The summed E-state index contributed by atoms with van der Waals surface area (Å²) in [6, 6.07) is 0. The summed E-state index contributed by atoms with van der Waals surface area (Å²) in [5, 5.41) is 0. The van der Waals surface area contributed by atoms with Gasteiger partial charge in [0.15, 0.2) is 0 Å². The van der Waals surface area contributed by atoms with Crippen LogP contribution >= 0.6 is 0 Å². The fraction of sp³-hybridized carbons (Fsp3) is 0.722. The number of rotatable bonds is 9. The fourth-order valence-corrected chi connectivity index (χ4v) is 2.00. The molecule has 0 radical (unpaired) electrons. The third-order valence-electron chi connectivity index (χ3n) is 3.59. The lowest BCUT2D eigenvalue weighted by Crippen LogP contribution is -2.35. The SMILES string of the molecule is CCCN(C/C=C(/C)CCC=C(C)C)C(=O)C(C)CC. The molecule has 116 valence electrons. The maximum Gasteiger partial charge on any atom is 0.225 e. The minimum Gasteiger partial charge on any atom is -0.339 e. The van der Waals surface area contributed by atoms with Crippen LogP contribution in [-0.2, 0) is 4.79 Å². The first-order valence-corrected chi connectivity index (χ1v) is 8.00. The lowest BCUT2D eigenvalue weighted by molar-refractivity contribution is -0.134. The van der Waals surface area contributed by atoms with E-state index in [4.69, 9.17) is 0 Å². The van der Waals surface area contributed by atoms with Crippen LogP contribution in [0.1, 0.15) is 67.2 Å². The molecule has 0 bridgehead atoms. The highest BCUT2D eigenvalue weighted by atomic mass is 16.2. The predicted molar refractivity (Wildman–Crippen MR) is 88.7 cm³/mol. The molecule has 0 aromatic carbocycles. The van der Waals surface area contributed by atoms with Gasteiger partial charge in [0.25, 0.3) is 0 Å². The maximum atomic E-state index is 12.3. The first-order valence-electron chi connectivity index (χ1n) is 8.00. The number of carbonyl (C=O) groups is 1. The van der Waals surface area contributed by atoms with Crippen molar-refractivity contribution in [3.05, 3.63) is 23.3 Å². The first kappa shape index (κ1) is 18.9. The molecule has 0 aliphatic rings. The van der Waals surface area contributed by atoms with E-state index in [0.29, 0.717) is 5.91 Å². The van der Waals surface area contributed by atoms with Crippen molar-refractivity contribution in [2.24, 2.45) is 5.92 Å². The quantitative estimate of drug-likeness (QED) is 0.546. The second-order valence-corrected chi connectivity index (χ2v) is 5.96. The number of hydrogen-bond donors (Lipinski definition) is 0. The lowest BCUT2D eigenvalue weighted by Gasteiger charge is -2.24. The summed E-state index contributed by atoms with van der Waals surface area (Å²) in [4.78, 5) is 14.3. The van der Waals surface area contributed by atoms with Crippen molar-refractivity contribution >= 4 is 5.91 Å². The third-order valence-corrected chi connectivity index (χ3v) is 3.59. The zero-order chi connectivity index (χ0) is 15.5. The zero-order valence-electron chi connectivity index (χ0n) is 14.3. The highest BCUT2D eigenvalue weighted by molar-refractivity contribution is 5.78. The number of carbonyl (C=O) groups excluding carboxylic acids is 1. The van der Waals surface area contributed by atoms with Crippen LogP contribution in [0.4, 0.5) is 0 Å². The second kappa shape index (κ2) is 10.7. The first-order chi connectivity index (χ1) is 9.42. The van der Waals surface area contributed by atoms with Gasteiger partial charge in [0.1, 0.15) is 0 Å². The van der Waals surface area contributed by atoms with E-state index in [9.17, 15) is 4.79 Å². The topological polar surface area (TPSA) is 20.3 Å². The van der Waals surface area contributed by atoms with Crippen molar-refractivity contribution < 1.29 is 4.79 Å². The van der Waals surface area contributed by atoms with Gasteiger partial charge in [-0.25, -0.2) is 0 Å². The molecule has 2 nitrogen and oxygen atoms in total. The molecule has 1 atom stereocenters. The van der Waals surface area contributed by atoms with Gasteiger partial charge < -0.3 is 4.90 Å². The molecule has 1 amide bonds. The van der Waals surface area contributed by atoms with Gasteiger partial charge in [-0.15, -0.1) is 0 Å². The van der Waals surface area contributed by atoms with E-state index >= 15 is 0 Å². The van der Waals surface area contributed by atoms with Crippen molar-refractivity contribution in [3.8, 4) is 0 Å². The summed E-state index contributed by atoms with van der Waals surface area (Å²) >= 11 is 0. The van der Waals surface area contributed by atoms with Gasteiger partial charge >= 0.3 is 0 Å². The van der Waals surface area contributed by atoms with Gasteiger partial charge in [0.05, 0.1) is 0 Å². The minimum atomic E-state index is 0.140. The smallest absolute Gasteiger partial charge is 0.225 e. The normalized spacial score (nSPS) is 13.0. The summed E-state index contributed by atoms with van der Waals surface area (Å²) in [6.07, 6.45) is 8.61. The summed E-state index contributed by atoms with van der Waals surface area (Å²) < 4.78 is 0. The molecule has 2 heteroatoms. The molecular weight excluding hydrogens is 246 g/mol. The lowest BCUT2D eigenvalue weighted by atomic mass is 10.1. The van der Waals surface area contributed by atoms with Gasteiger partial charge in [-0.05, 0) is 46.5 Å². The molecule has 20 heavy (non-hydrogen) atoms. The molecule has 1 unspecified atom stereocenters. The molecule has 0 aliphatic carbocycles. The Balaban J connectivity index is 4.44. The Morgan fingerprint density at radius 2 is 1.80 bits per heavy atom. The average Bonchev–Trinajstić information content (AvgIpc) is 2.41. The van der Waals surface area contributed by atoms with E-state index in [0.717, 1.165) is 38.8 Å². The Kier molecular flexibility index (Phi) is 10.1. The number of hydrogen-bond acceptors (Lipinski definition) is 1. The van der Waals surface area contributed by atoms with E-state index in [1.807, 2.05) is 11.8 Å². The van der Waals surface area contributed by atoms with E-state index in [1.165, 1.54) is 11.1 Å². The molecule has 0 saturated carbocycles. The van der Waals surface area contributed by atoms with Gasteiger partial charge in [-0.1, -0.05) is 44.1 Å². The highest BCUT2D eigenvalue weighted by Crippen LogP contribution is 2.10. The molecule has 0 aromatic heterocycles. The second-order valence-electron chi connectivity index (χ2n) is 5.96. The Bertz CT molecular complexity index is 337. The van der Waals surface area contributed by atoms with E-state index in [2.05, 4.69) is 46.8 Å². The minimum absolute atomic E-state index is 0.140. The standard InChI is InChI=1S/C18H33NO/c1-7-13-19(18(20)17(6)8-2)14-12-16(5)11-9-10-15(3)4/h10,12,17H,7-9,11,13-14H2,1-6H3/b16-12-. The van der Waals surface area contributed by atoms with E-state index in [-0.39, 0.29) is 5.92 Å². The molecule has 0 aliphatic heterocycles. The van der Waals surface area contributed by atoms with Crippen LogP contribution in [0.3, 0.4) is 0 Å². The largest absolute Gasteiger partial charge is 0.339 e. The molecule has 0 saturated heterocycles. The van der Waals surface area contributed by atoms with Crippen molar-refractivity contribution in [2.45, 2.75) is 67.2 Å². The Labute approximate surface area is 125 Å². The Morgan fingerprint density at radius 3 is 2.30 bits per heavy atom. The Morgan fingerprint density at radius 1 is 1.15 bits per heavy atom. The fourth-order valence-electron chi connectivity index (χ4n) is 2.00. The summed E-state index contributed by atoms with van der Waals surface area (Å²) in [7, 11) is 0. The third kappa shape index (κ3) is 8.19. The molecule has 0 fully saturated rings. The molecular formula is C18H33NO. The van der Waals surface area contributed by atoms with Crippen molar-refractivity contribution in [2.75, 3.05) is 13.1 Å². The monoisotopic (exact) mass is 279 g/mol. The van der Waals surface area contributed by atoms with Gasteiger partial charge in [-0.2, -0.15) is 0 Å². The van der Waals surface area contributed by atoms with Crippen LogP contribution in [0, 0.1) is 5.92 Å². The molecule has 0 spiro atoms. The Hall–Kier alpha value is -1.05. The van der Waals surface area contributed by atoms with Crippen LogP contribution in [0.2, 0.25) is 0 Å². The van der Waals surface area contributed by atoms with Crippen LogP contribution in [0.25, 0.3) is 0 Å². The van der Waals surface area contributed by atoms with Crippen LogP contribution in [0.5, 0.6) is 0 Å². The van der Waals surface area contributed by atoms with Gasteiger partial charge in [-0.3, -0.25) is 4.79 Å². The molecule has 0 heterocycles. The van der Waals surface area contributed by atoms with Crippen molar-refractivity contribution in [1.82, 2.24) is 4.90 Å². The molecule has 0 aromatic rings. The number of amides is 1. The summed E-state index contributed by atoms with van der Waals surface area (Å²) in [5.74, 6) is 0.434. The molecule has 0 rings (SSSR count). The average molecular weight is 279 g/mol. The zero-order valence-corrected chi connectivity index (χ0v) is 14.3. The van der Waals surface area contributed by atoms with Crippen molar-refractivity contribution in [3.63, 3.8) is 0 Å². The van der Waals surface area contributed by atoms with Gasteiger partial charge in [0, 0.05) is 19.0 Å². The van der Waals surface area contributed by atoms with E-state index in [1.54, 1.807) is 0 Å². The summed E-state index contributed by atoms with van der Waals surface area (Å²) in [6.45, 7) is 14.3. The number of nitrogens with zero attached hydrogens (tertiary/aromatic N) is 1. The van der Waals surface area contributed by atoms with Crippen molar-refractivity contribution in [1.29, 1.82) is 0 Å². The van der Waals surface area contributed by atoms with Crippen LogP contribution < -0.4 is 0 Å². The maximum absolute atomic E-state index is 12.3. The van der Waals surface area contributed by atoms with Gasteiger partial charge in [0.2, 0.25) is 5.91 Å². The highest BCUT2D eigenvalue weighted by Gasteiger charge is 2.17. The van der Waals surface area contributed by atoms with E-state index < -0.39 is 0 Å². The number of allylic oxidation sites excluding steroid dienone is 3.